The monoisotopic (exact) mass is 281 g/mol. The van der Waals surface area contributed by atoms with Crippen LogP contribution < -0.4 is 5.32 Å². The molecule has 20 heavy (non-hydrogen) atoms. The summed E-state index contributed by atoms with van der Waals surface area (Å²) in [5.41, 5.74) is -0.396. The van der Waals surface area contributed by atoms with E-state index in [2.05, 4.69) is 5.32 Å². The number of fused-ring (bicyclic) bond motifs is 1. The van der Waals surface area contributed by atoms with Crippen LogP contribution in [0.5, 0.6) is 0 Å². The summed E-state index contributed by atoms with van der Waals surface area (Å²) in [6.45, 7) is 5.00. The van der Waals surface area contributed by atoms with Crippen molar-refractivity contribution in [1.29, 1.82) is 0 Å². The number of carbonyl (C=O) groups excluding carboxylic acids is 1. The summed E-state index contributed by atoms with van der Waals surface area (Å²) >= 11 is 0. The molecule has 0 aromatic heterocycles. The molecule has 0 bridgehead atoms. The van der Waals surface area contributed by atoms with Gasteiger partial charge in [-0.05, 0) is 50.8 Å². The minimum Gasteiger partial charge on any atom is -0.444 e. The number of ether oxygens (including phenoxy) is 1. The second kappa shape index (κ2) is 5.05. The fourth-order valence-corrected chi connectivity index (χ4v) is 2.57. The molecule has 1 aliphatic carbocycles. The van der Waals surface area contributed by atoms with E-state index in [4.69, 9.17) is 4.74 Å². The lowest BCUT2D eigenvalue weighted by Crippen LogP contribution is -2.48. The molecule has 2 N–H and O–H groups in total. The van der Waals surface area contributed by atoms with E-state index in [9.17, 15) is 14.3 Å². The quantitative estimate of drug-likeness (QED) is 0.875. The van der Waals surface area contributed by atoms with Gasteiger partial charge in [-0.2, -0.15) is 0 Å². The highest BCUT2D eigenvalue weighted by Crippen LogP contribution is 2.38. The molecule has 0 spiro atoms. The van der Waals surface area contributed by atoms with Crippen molar-refractivity contribution >= 4 is 6.09 Å². The molecule has 4 nitrogen and oxygen atoms in total. The highest BCUT2D eigenvalue weighted by atomic mass is 19.1. The van der Waals surface area contributed by atoms with Crippen molar-refractivity contribution in [2.75, 3.05) is 6.61 Å². The lowest BCUT2D eigenvalue weighted by atomic mass is 9.93. The average Bonchev–Trinajstić information content (AvgIpc) is 2.68. The van der Waals surface area contributed by atoms with Crippen molar-refractivity contribution in [1.82, 2.24) is 5.32 Å². The maximum absolute atomic E-state index is 13.8. The van der Waals surface area contributed by atoms with Crippen LogP contribution in [0.15, 0.2) is 18.2 Å². The van der Waals surface area contributed by atoms with E-state index in [0.717, 1.165) is 0 Å². The summed E-state index contributed by atoms with van der Waals surface area (Å²) in [6.07, 6.45) is 0.334. The number of alkyl carbamates (subject to hydrolysis) is 1. The molecule has 0 radical (unpaired) electrons. The Labute approximate surface area is 117 Å². The topological polar surface area (TPSA) is 58.6 Å². The Morgan fingerprint density at radius 3 is 2.80 bits per heavy atom. The third-order valence-electron chi connectivity index (χ3n) is 3.45. The smallest absolute Gasteiger partial charge is 0.408 e. The molecule has 2 rings (SSSR count). The van der Waals surface area contributed by atoms with E-state index in [-0.39, 0.29) is 12.4 Å². The number of nitrogens with one attached hydrogen (secondary N) is 1. The van der Waals surface area contributed by atoms with Crippen LogP contribution in [0.25, 0.3) is 0 Å². The van der Waals surface area contributed by atoms with Gasteiger partial charge in [0.1, 0.15) is 11.4 Å². The number of hydrogen-bond donors (Lipinski definition) is 2. The Morgan fingerprint density at radius 1 is 1.50 bits per heavy atom. The van der Waals surface area contributed by atoms with Crippen LogP contribution in [0.4, 0.5) is 9.18 Å². The summed E-state index contributed by atoms with van der Waals surface area (Å²) < 4.78 is 19.0. The molecule has 0 fully saturated rings. The van der Waals surface area contributed by atoms with Crippen molar-refractivity contribution in [3.05, 3.63) is 35.1 Å². The van der Waals surface area contributed by atoms with Gasteiger partial charge < -0.3 is 15.2 Å². The van der Waals surface area contributed by atoms with Gasteiger partial charge in [0, 0.05) is 0 Å². The largest absolute Gasteiger partial charge is 0.444 e. The minimum absolute atomic E-state index is 0.289. The van der Waals surface area contributed by atoms with E-state index in [1.807, 2.05) is 0 Å². The first-order chi connectivity index (χ1) is 9.27. The van der Waals surface area contributed by atoms with Gasteiger partial charge in [-0.15, -0.1) is 0 Å². The number of hydrogen-bond acceptors (Lipinski definition) is 3. The number of aliphatic hydroxyl groups excluding tert-OH is 1. The Bertz CT molecular complexity index is 524. The van der Waals surface area contributed by atoms with E-state index >= 15 is 0 Å². The fourth-order valence-electron chi connectivity index (χ4n) is 2.57. The zero-order valence-electron chi connectivity index (χ0n) is 12.0. The molecular weight excluding hydrogens is 261 g/mol. The van der Waals surface area contributed by atoms with Gasteiger partial charge in [-0.25, -0.2) is 9.18 Å². The van der Waals surface area contributed by atoms with E-state index in [1.54, 1.807) is 32.9 Å². The van der Waals surface area contributed by atoms with Crippen LogP contribution in [0.3, 0.4) is 0 Å². The molecule has 0 aliphatic heterocycles. The van der Waals surface area contributed by atoms with Gasteiger partial charge in [0.2, 0.25) is 0 Å². The zero-order valence-corrected chi connectivity index (χ0v) is 12.0. The normalized spacial score (nSPS) is 21.4. The molecule has 1 unspecified atom stereocenters. The Kier molecular flexibility index (Phi) is 3.73. The number of benzene rings is 1. The summed E-state index contributed by atoms with van der Waals surface area (Å²) in [7, 11) is 0. The van der Waals surface area contributed by atoms with Gasteiger partial charge in [0.15, 0.2) is 0 Å². The number of aliphatic hydroxyl groups is 1. The Morgan fingerprint density at radius 2 is 2.20 bits per heavy atom. The van der Waals surface area contributed by atoms with Gasteiger partial charge in [0.25, 0.3) is 0 Å². The molecule has 1 aromatic carbocycles. The first-order valence-electron chi connectivity index (χ1n) is 6.67. The lowest BCUT2D eigenvalue weighted by Gasteiger charge is -2.31. The molecule has 1 aromatic rings. The van der Waals surface area contributed by atoms with Gasteiger partial charge in [-0.3, -0.25) is 0 Å². The summed E-state index contributed by atoms with van der Waals surface area (Å²) in [6, 6.07) is 4.71. The molecule has 1 atom stereocenters. The molecule has 0 heterocycles. The van der Waals surface area contributed by atoms with Gasteiger partial charge in [-0.1, -0.05) is 12.1 Å². The van der Waals surface area contributed by atoms with Crippen LogP contribution in [-0.2, 0) is 16.7 Å². The number of halogens is 1. The number of rotatable bonds is 2. The Balaban J connectivity index is 2.26. The van der Waals surface area contributed by atoms with Crippen molar-refractivity contribution in [2.45, 2.75) is 44.8 Å². The van der Waals surface area contributed by atoms with Crippen LogP contribution in [0.2, 0.25) is 0 Å². The molecule has 1 amide bonds. The Hall–Kier alpha value is -1.62. The predicted octanol–water partition coefficient (Wildman–Crippen LogP) is 2.48. The fraction of sp³-hybridized carbons (Fsp3) is 0.533. The van der Waals surface area contributed by atoms with Crippen LogP contribution in [-0.4, -0.2) is 23.4 Å². The molecule has 0 saturated heterocycles. The van der Waals surface area contributed by atoms with Crippen LogP contribution in [0.1, 0.15) is 38.3 Å². The zero-order chi connectivity index (χ0) is 15.0. The summed E-state index contributed by atoms with van der Waals surface area (Å²) in [5, 5.41) is 12.4. The third kappa shape index (κ3) is 2.77. The highest BCUT2D eigenvalue weighted by molar-refractivity contribution is 5.70. The predicted molar refractivity (Wildman–Crippen MR) is 72.9 cm³/mol. The minimum atomic E-state index is -0.959. The lowest BCUT2D eigenvalue weighted by molar-refractivity contribution is 0.0393. The van der Waals surface area contributed by atoms with Gasteiger partial charge in [0.05, 0.1) is 12.1 Å². The third-order valence-corrected chi connectivity index (χ3v) is 3.45. The van der Waals surface area contributed by atoms with Gasteiger partial charge >= 0.3 is 6.09 Å². The van der Waals surface area contributed by atoms with Crippen molar-refractivity contribution in [2.24, 2.45) is 0 Å². The number of amides is 1. The summed E-state index contributed by atoms with van der Waals surface area (Å²) in [4.78, 5) is 11.9. The van der Waals surface area contributed by atoms with Crippen molar-refractivity contribution < 1.29 is 19.0 Å². The van der Waals surface area contributed by atoms with Crippen molar-refractivity contribution in [3.8, 4) is 0 Å². The van der Waals surface area contributed by atoms with E-state index in [1.165, 1.54) is 6.07 Å². The first kappa shape index (κ1) is 14.8. The number of carbonyl (C=O) groups is 1. The molecule has 0 saturated carbocycles. The highest BCUT2D eigenvalue weighted by Gasteiger charge is 2.41. The SMILES string of the molecule is CC(C)(C)OC(=O)NC1(CO)CCc2c(F)cccc21. The average molecular weight is 281 g/mol. The molecule has 1 aliphatic rings. The standard InChI is InChI=1S/C15H20FNO3/c1-14(2,3)20-13(19)17-15(9-18)8-7-10-11(15)5-4-6-12(10)16/h4-6,18H,7-9H2,1-3H3,(H,17,19). The molecule has 5 heteroatoms. The maximum atomic E-state index is 13.8. The van der Waals surface area contributed by atoms with Crippen LogP contribution >= 0.6 is 0 Å². The van der Waals surface area contributed by atoms with E-state index < -0.39 is 17.2 Å². The first-order valence-corrected chi connectivity index (χ1v) is 6.67. The van der Waals surface area contributed by atoms with Crippen molar-refractivity contribution in [3.63, 3.8) is 0 Å². The van der Waals surface area contributed by atoms with E-state index in [0.29, 0.717) is 24.0 Å². The van der Waals surface area contributed by atoms with Crippen LogP contribution in [0, 0.1) is 5.82 Å². The second-order valence-electron chi connectivity index (χ2n) is 6.13. The molecule has 110 valence electrons. The summed E-state index contributed by atoms with van der Waals surface area (Å²) in [5.74, 6) is -0.302. The maximum Gasteiger partial charge on any atom is 0.408 e. The second-order valence-corrected chi connectivity index (χ2v) is 6.13. The molecular formula is C15H20FNO3.